The fourth-order valence-corrected chi connectivity index (χ4v) is 4.84. The van der Waals surface area contributed by atoms with Crippen LogP contribution in [0.15, 0.2) is 71.6 Å². The SMILES string of the molecule is Cc1cccc(COc2ccc(/C(O)=C3\C(=O)C(=O)N(CCN(C)C)[C@@H]3c3cccs3)cc2)c1. The van der Waals surface area contributed by atoms with Gasteiger partial charge in [0, 0.05) is 23.5 Å². The number of Topliss-reactive ketones (excluding diaryl/α,β-unsaturated/α-hetero) is 1. The Morgan fingerprint density at radius 1 is 1.09 bits per heavy atom. The van der Waals surface area contributed by atoms with Gasteiger partial charge in [-0.15, -0.1) is 11.3 Å². The van der Waals surface area contributed by atoms with Crippen molar-refractivity contribution >= 4 is 28.8 Å². The number of aliphatic hydroxyl groups excluding tert-OH is 1. The average molecular weight is 477 g/mol. The number of nitrogens with zero attached hydrogens (tertiary/aromatic N) is 2. The van der Waals surface area contributed by atoms with Crippen molar-refractivity contribution in [1.29, 1.82) is 0 Å². The van der Waals surface area contributed by atoms with E-state index < -0.39 is 17.7 Å². The highest BCUT2D eigenvalue weighted by atomic mass is 32.1. The summed E-state index contributed by atoms with van der Waals surface area (Å²) in [6.45, 7) is 3.47. The standard InChI is InChI=1S/C27H28N2O4S/c1-18-6-4-7-19(16-18)17-33-21-11-9-20(10-12-21)25(30)23-24(22-8-5-15-34-22)29(14-13-28(2)3)27(32)26(23)31/h4-12,15-16,24,30H,13-14,17H2,1-3H3/b25-23+/t24-/m1/s1. The second-order valence-electron chi connectivity index (χ2n) is 8.61. The highest BCUT2D eigenvalue weighted by molar-refractivity contribution is 7.10. The summed E-state index contributed by atoms with van der Waals surface area (Å²) in [4.78, 5) is 30.2. The van der Waals surface area contributed by atoms with Crippen LogP contribution in [0.5, 0.6) is 5.75 Å². The zero-order valence-corrected chi connectivity index (χ0v) is 20.3. The molecule has 34 heavy (non-hydrogen) atoms. The van der Waals surface area contributed by atoms with Gasteiger partial charge in [-0.25, -0.2) is 0 Å². The van der Waals surface area contributed by atoms with Gasteiger partial charge in [0.25, 0.3) is 11.7 Å². The first-order chi connectivity index (χ1) is 16.3. The molecule has 4 rings (SSSR count). The Kier molecular flexibility index (Phi) is 7.14. The maximum absolute atomic E-state index is 13.0. The van der Waals surface area contributed by atoms with Gasteiger partial charge in [-0.3, -0.25) is 9.59 Å². The van der Waals surface area contributed by atoms with Crippen molar-refractivity contribution in [2.45, 2.75) is 19.6 Å². The number of ketones is 1. The maximum Gasteiger partial charge on any atom is 0.295 e. The molecule has 2 heterocycles. The normalized spacial score (nSPS) is 17.5. The van der Waals surface area contributed by atoms with E-state index in [4.69, 9.17) is 4.74 Å². The number of likely N-dealkylation sites (N-methyl/N-ethyl adjacent to an activating group) is 1. The van der Waals surface area contributed by atoms with E-state index in [2.05, 4.69) is 6.07 Å². The second kappa shape index (κ2) is 10.2. The van der Waals surface area contributed by atoms with E-state index in [-0.39, 0.29) is 11.3 Å². The van der Waals surface area contributed by atoms with Crippen LogP contribution in [0.25, 0.3) is 5.76 Å². The molecule has 1 atom stereocenters. The van der Waals surface area contributed by atoms with Gasteiger partial charge < -0.3 is 19.6 Å². The maximum atomic E-state index is 13.0. The Hall–Kier alpha value is -3.42. The molecule has 3 aromatic rings. The third-order valence-electron chi connectivity index (χ3n) is 5.76. The molecule has 0 bridgehead atoms. The minimum atomic E-state index is -0.658. The largest absolute Gasteiger partial charge is 0.507 e. The Morgan fingerprint density at radius 3 is 2.50 bits per heavy atom. The number of hydrogen-bond acceptors (Lipinski definition) is 6. The summed E-state index contributed by atoms with van der Waals surface area (Å²) in [7, 11) is 3.83. The number of likely N-dealkylation sites (tertiary alicyclic amines) is 1. The van der Waals surface area contributed by atoms with E-state index in [0.29, 0.717) is 31.0 Å². The number of aryl methyl sites for hydroxylation is 1. The summed E-state index contributed by atoms with van der Waals surface area (Å²) in [5, 5.41) is 13.0. The van der Waals surface area contributed by atoms with Crippen LogP contribution in [-0.4, -0.2) is 53.8 Å². The lowest BCUT2D eigenvalue weighted by Crippen LogP contribution is -2.35. The molecule has 1 aliphatic rings. The van der Waals surface area contributed by atoms with Gasteiger partial charge in [-0.2, -0.15) is 0 Å². The fourth-order valence-electron chi connectivity index (χ4n) is 3.99. The molecule has 6 nitrogen and oxygen atoms in total. The van der Waals surface area contributed by atoms with Crippen LogP contribution < -0.4 is 4.74 Å². The molecule has 0 aliphatic carbocycles. The molecule has 7 heteroatoms. The summed E-state index contributed by atoms with van der Waals surface area (Å²) in [6.07, 6.45) is 0. The Labute approximate surface area is 203 Å². The summed E-state index contributed by atoms with van der Waals surface area (Å²) in [5.74, 6) is -0.761. The van der Waals surface area contributed by atoms with Crippen LogP contribution in [0.3, 0.4) is 0 Å². The molecule has 1 fully saturated rings. The molecule has 1 amide bonds. The van der Waals surface area contributed by atoms with Gasteiger partial charge in [-0.1, -0.05) is 35.9 Å². The van der Waals surface area contributed by atoms with Crippen molar-refractivity contribution in [1.82, 2.24) is 9.80 Å². The van der Waals surface area contributed by atoms with E-state index in [1.165, 1.54) is 16.9 Å². The van der Waals surface area contributed by atoms with Gasteiger partial charge >= 0.3 is 0 Å². The number of amides is 1. The van der Waals surface area contributed by atoms with Gasteiger partial charge in [-0.05, 0) is 62.3 Å². The number of carbonyl (C=O) groups is 2. The van der Waals surface area contributed by atoms with Crippen molar-refractivity contribution in [3.05, 3.63) is 93.2 Å². The Balaban J connectivity index is 1.60. The number of benzene rings is 2. The third-order valence-corrected chi connectivity index (χ3v) is 6.68. The number of hydrogen-bond donors (Lipinski definition) is 1. The summed E-state index contributed by atoms with van der Waals surface area (Å²) in [5.41, 5.74) is 2.83. The van der Waals surface area contributed by atoms with Crippen LogP contribution in [0.4, 0.5) is 0 Å². The molecular formula is C27H28N2O4S. The van der Waals surface area contributed by atoms with E-state index >= 15 is 0 Å². The molecule has 1 aromatic heterocycles. The molecule has 1 aliphatic heterocycles. The van der Waals surface area contributed by atoms with E-state index in [1.807, 2.05) is 61.6 Å². The lowest BCUT2D eigenvalue weighted by molar-refractivity contribution is -0.140. The van der Waals surface area contributed by atoms with E-state index in [9.17, 15) is 14.7 Å². The van der Waals surface area contributed by atoms with Crippen molar-refractivity contribution < 1.29 is 19.4 Å². The Morgan fingerprint density at radius 2 is 1.85 bits per heavy atom. The van der Waals surface area contributed by atoms with Crippen LogP contribution in [0, 0.1) is 6.92 Å². The minimum absolute atomic E-state index is 0.125. The van der Waals surface area contributed by atoms with Crippen LogP contribution >= 0.6 is 11.3 Å². The minimum Gasteiger partial charge on any atom is -0.507 e. The number of aliphatic hydroxyl groups is 1. The summed E-state index contributed by atoms with van der Waals surface area (Å²) >= 11 is 1.46. The van der Waals surface area contributed by atoms with E-state index in [0.717, 1.165) is 10.4 Å². The summed E-state index contributed by atoms with van der Waals surface area (Å²) < 4.78 is 5.87. The first kappa shape index (κ1) is 23.7. The first-order valence-electron chi connectivity index (χ1n) is 11.1. The third kappa shape index (κ3) is 5.05. The predicted octanol–water partition coefficient (Wildman–Crippen LogP) is 4.62. The van der Waals surface area contributed by atoms with Crippen molar-refractivity contribution in [2.75, 3.05) is 27.2 Å². The number of thiophene rings is 1. The Bertz CT molecular complexity index is 1200. The number of rotatable bonds is 8. The number of ether oxygens (including phenoxy) is 1. The predicted molar refractivity (Wildman–Crippen MR) is 134 cm³/mol. The van der Waals surface area contributed by atoms with Crippen LogP contribution in [0.2, 0.25) is 0 Å². The van der Waals surface area contributed by atoms with Gasteiger partial charge in [0.2, 0.25) is 0 Å². The average Bonchev–Trinajstić information content (AvgIpc) is 3.43. The van der Waals surface area contributed by atoms with Crippen molar-refractivity contribution in [3.63, 3.8) is 0 Å². The molecule has 1 N–H and O–H groups in total. The lowest BCUT2D eigenvalue weighted by Gasteiger charge is -2.25. The monoisotopic (exact) mass is 476 g/mol. The number of carbonyl (C=O) groups excluding carboxylic acids is 2. The zero-order chi connectivity index (χ0) is 24.2. The van der Waals surface area contributed by atoms with Gasteiger partial charge in [0.15, 0.2) is 0 Å². The van der Waals surface area contributed by atoms with Crippen molar-refractivity contribution in [3.8, 4) is 5.75 Å². The molecule has 176 valence electrons. The quantitative estimate of drug-likeness (QED) is 0.292. The van der Waals surface area contributed by atoms with Crippen LogP contribution in [-0.2, 0) is 16.2 Å². The smallest absolute Gasteiger partial charge is 0.295 e. The summed E-state index contributed by atoms with van der Waals surface area (Å²) in [6, 6.07) is 18.2. The van der Waals surface area contributed by atoms with Crippen LogP contribution in [0.1, 0.15) is 27.6 Å². The van der Waals surface area contributed by atoms with Gasteiger partial charge in [0.1, 0.15) is 18.1 Å². The lowest BCUT2D eigenvalue weighted by atomic mass is 10.00. The molecular weight excluding hydrogens is 448 g/mol. The molecule has 0 saturated carbocycles. The molecule has 2 aromatic carbocycles. The highest BCUT2D eigenvalue weighted by Gasteiger charge is 2.46. The van der Waals surface area contributed by atoms with Crippen molar-refractivity contribution in [2.24, 2.45) is 0 Å². The zero-order valence-electron chi connectivity index (χ0n) is 19.5. The second-order valence-corrected chi connectivity index (χ2v) is 9.59. The topological polar surface area (TPSA) is 70.1 Å². The van der Waals surface area contributed by atoms with Gasteiger partial charge in [0.05, 0.1) is 11.6 Å². The van der Waals surface area contributed by atoms with E-state index in [1.54, 1.807) is 29.2 Å². The molecule has 0 radical (unpaired) electrons. The first-order valence-corrected chi connectivity index (χ1v) is 12.0. The fraction of sp³-hybridized carbons (Fsp3) is 0.259. The molecule has 0 spiro atoms. The highest BCUT2D eigenvalue weighted by Crippen LogP contribution is 2.41. The molecule has 0 unspecified atom stereocenters. The molecule has 1 saturated heterocycles.